The molecule has 6 rings (SSSR count). The van der Waals surface area contributed by atoms with Gasteiger partial charge in [0.1, 0.15) is 11.2 Å². The van der Waals surface area contributed by atoms with E-state index >= 15 is 0 Å². The highest BCUT2D eigenvalue weighted by molar-refractivity contribution is 9.10. The quantitative estimate of drug-likeness (QED) is 0.343. The van der Waals surface area contributed by atoms with Crippen LogP contribution < -0.4 is 5.32 Å². The van der Waals surface area contributed by atoms with E-state index in [1.54, 1.807) is 0 Å². The van der Waals surface area contributed by atoms with E-state index in [0.717, 1.165) is 56.1 Å². The Morgan fingerprint density at radius 1 is 0.941 bits per heavy atom. The van der Waals surface area contributed by atoms with E-state index in [4.69, 9.17) is 4.42 Å². The first-order chi connectivity index (χ1) is 16.5. The molecule has 3 atom stereocenters. The Morgan fingerprint density at radius 3 is 2.44 bits per heavy atom. The number of para-hydroxylation sites is 1. The van der Waals surface area contributed by atoms with Gasteiger partial charge in [-0.15, -0.1) is 0 Å². The van der Waals surface area contributed by atoms with Gasteiger partial charge in [-0.1, -0.05) is 34.1 Å². The molecule has 1 aliphatic carbocycles. The lowest BCUT2D eigenvalue weighted by molar-refractivity contribution is -0.123. The molecular weight excluding hydrogens is 492 g/mol. The minimum Gasteiger partial charge on any atom is -0.456 e. The molecule has 1 aromatic heterocycles. The maximum Gasteiger partial charge on any atom is 0.254 e. The highest BCUT2D eigenvalue weighted by Crippen LogP contribution is 2.43. The molecule has 2 heterocycles. The average molecular weight is 517 g/mol. The van der Waals surface area contributed by atoms with E-state index in [9.17, 15) is 9.59 Å². The number of anilines is 1. The normalized spacial score (nSPS) is 21.8. The number of halogens is 1. The lowest BCUT2D eigenvalue weighted by Gasteiger charge is -2.37. The first kappa shape index (κ1) is 21.4. The number of furan rings is 1. The zero-order valence-corrected chi connectivity index (χ0v) is 20.5. The lowest BCUT2D eigenvalue weighted by Crippen LogP contribution is -2.48. The second-order valence-corrected chi connectivity index (χ2v) is 10.5. The van der Waals surface area contributed by atoms with E-state index in [0.29, 0.717) is 13.1 Å². The topological polar surface area (TPSA) is 62.6 Å². The maximum atomic E-state index is 13.4. The summed E-state index contributed by atoms with van der Waals surface area (Å²) in [5, 5.41) is 5.21. The van der Waals surface area contributed by atoms with Crippen LogP contribution in [-0.4, -0.2) is 29.8 Å². The smallest absolute Gasteiger partial charge is 0.254 e. The molecule has 34 heavy (non-hydrogen) atoms. The highest BCUT2D eigenvalue weighted by Gasteiger charge is 2.47. The van der Waals surface area contributed by atoms with Crippen LogP contribution in [0, 0.1) is 24.7 Å². The second kappa shape index (κ2) is 8.27. The Hall–Kier alpha value is -3.12. The van der Waals surface area contributed by atoms with Gasteiger partial charge < -0.3 is 14.6 Å². The molecule has 0 spiro atoms. The molecule has 2 amide bonds. The number of likely N-dealkylation sites (tertiary alicyclic amines) is 1. The summed E-state index contributed by atoms with van der Waals surface area (Å²) in [6.07, 6.45) is 1.97. The van der Waals surface area contributed by atoms with Gasteiger partial charge in [0.25, 0.3) is 5.91 Å². The van der Waals surface area contributed by atoms with Crippen molar-refractivity contribution in [1.29, 1.82) is 0 Å². The fourth-order valence-corrected chi connectivity index (χ4v) is 6.36. The number of nitrogens with one attached hydrogen (secondary N) is 1. The van der Waals surface area contributed by atoms with Gasteiger partial charge in [0.2, 0.25) is 5.91 Å². The van der Waals surface area contributed by atoms with Crippen LogP contribution in [0.4, 0.5) is 5.69 Å². The van der Waals surface area contributed by atoms with E-state index in [-0.39, 0.29) is 29.6 Å². The summed E-state index contributed by atoms with van der Waals surface area (Å²) < 4.78 is 6.88. The van der Waals surface area contributed by atoms with E-state index in [2.05, 4.69) is 21.2 Å². The van der Waals surface area contributed by atoms with Gasteiger partial charge in [0.15, 0.2) is 0 Å². The van der Waals surface area contributed by atoms with Gasteiger partial charge in [-0.05, 0) is 79.6 Å². The monoisotopic (exact) mass is 516 g/mol. The summed E-state index contributed by atoms with van der Waals surface area (Å²) in [5.74, 6) is 0.449. The molecule has 1 unspecified atom stereocenters. The summed E-state index contributed by atoms with van der Waals surface area (Å²) in [6.45, 7) is 3.23. The van der Waals surface area contributed by atoms with Crippen LogP contribution in [0.15, 0.2) is 69.6 Å². The van der Waals surface area contributed by atoms with Gasteiger partial charge >= 0.3 is 0 Å². The number of hydrogen-bond acceptors (Lipinski definition) is 3. The molecule has 0 radical (unpaired) electrons. The summed E-state index contributed by atoms with van der Waals surface area (Å²) in [7, 11) is 0. The fourth-order valence-electron chi connectivity index (χ4n) is 5.88. The van der Waals surface area contributed by atoms with Crippen molar-refractivity contribution in [2.75, 3.05) is 18.4 Å². The molecule has 4 aromatic rings. The van der Waals surface area contributed by atoms with Crippen molar-refractivity contribution in [2.24, 2.45) is 17.8 Å². The summed E-state index contributed by atoms with van der Waals surface area (Å²) in [6, 6.07) is 19.5. The molecule has 2 bridgehead atoms. The fraction of sp³-hybridized carbons (Fsp3) is 0.286. The van der Waals surface area contributed by atoms with Gasteiger partial charge in [-0.25, -0.2) is 0 Å². The van der Waals surface area contributed by atoms with Crippen LogP contribution in [0.3, 0.4) is 0 Å². The van der Waals surface area contributed by atoms with Crippen molar-refractivity contribution in [3.05, 3.63) is 76.3 Å². The van der Waals surface area contributed by atoms with Crippen LogP contribution in [0.1, 0.15) is 28.8 Å². The van der Waals surface area contributed by atoms with E-state index < -0.39 is 0 Å². The number of nitrogens with zero attached hydrogens (tertiary/aromatic N) is 1. The number of carbonyl (C=O) groups is 2. The van der Waals surface area contributed by atoms with Crippen molar-refractivity contribution in [3.8, 4) is 0 Å². The van der Waals surface area contributed by atoms with Gasteiger partial charge in [0, 0.05) is 45.5 Å². The van der Waals surface area contributed by atoms with Crippen molar-refractivity contribution in [3.63, 3.8) is 0 Å². The molecule has 1 N–H and O–H groups in total. The predicted octanol–water partition coefficient (Wildman–Crippen LogP) is 6.39. The van der Waals surface area contributed by atoms with Gasteiger partial charge in [-0.3, -0.25) is 9.59 Å². The number of aryl methyl sites for hydroxylation is 1. The molecule has 5 nitrogen and oxygen atoms in total. The third-order valence-electron chi connectivity index (χ3n) is 7.49. The number of fused-ring (bicyclic) bond motifs is 5. The number of hydrogen-bond donors (Lipinski definition) is 1. The minimum absolute atomic E-state index is 0.0616. The number of rotatable bonds is 3. The number of piperidine rings is 1. The van der Waals surface area contributed by atoms with Gasteiger partial charge in [-0.2, -0.15) is 0 Å². The molecular formula is C28H25BrN2O3. The number of carbonyl (C=O) groups excluding carboxylic acids is 2. The molecule has 2 aliphatic rings. The first-order valence-electron chi connectivity index (χ1n) is 11.8. The maximum absolute atomic E-state index is 13.4. The van der Waals surface area contributed by atoms with Crippen molar-refractivity contribution >= 4 is 55.4 Å². The third-order valence-corrected chi connectivity index (χ3v) is 7.98. The largest absolute Gasteiger partial charge is 0.456 e. The summed E-state index contributed by atoms with van der Waals surface area (Å²) in [5.41, 5.74) is 4.15. The Balaban J connectivity index is 1.19. The van der Waals surface area contributed by atoms with Gasteiger partial charge in [0.05, 0.1) is 0 Å². The average Bonchev–Trinajstić information content (AvgIpc) is 3.32. The van der Waals surface area contributed by atoms with Crippen molar-refractivity contribution in [1.82, 2.24) is 4.90 Å². The first-order valence-corrected chi connectivity index (χ1v) is 12.5. The SMILES string of the molecule is Cc1cc(Br)ccc1C(=O)N1C[C@H]2CC[C@@H](C1)C2C(=O)Nc1ccc2oc3ccccc3c2c1. The summed E-state index contributed by atoms with van der Waals surface area (Å²) >= 11 is 3.47. The lowest BCUT2D eigenvalue weighted by atomic mass is 9.84. The molecule has 6 heteroatoms. The van der Waals surface area contributed by atoms with E-state index in [1.165, 1.54) is 0 Å². The van der Waals surface area contributed by atoms with Crippen LogP contribution in [-0.2, 0) is 4.79 Å². The van der Waals surface area contributed by atoms with Crippen molar-refractivity contribution < 1.29 is 14.0 Å². The van der Waals surface area contributed by atoms with Crippen LogP contribution >= 0.6 is 15.9 Å². The minimum atomic E-state index is -0.0631. The zero-order valence-electron chi connectivity index (χ0n) is 18.9. The van der Waals surface area contributed by atoms with E-state index in [1.807, 2.05) is 72.5 Å². The molecule has 3 aromatic carbocycles. The predicted molar refractivity (Wildman–Crippen MR) is 137 cm³/mol. The Labute approximate surface area is 206 Å². The number of benzene rings is 3. The zero-order chi connectivity index (χ0) is 23.4. The molecule has 172 valence electrons. The van der Waals surface area contributed by atoms with Crippen LogP contribution in [0.2, 0.25) is 0 Å². The Kier molecular flexibility index (Phi) is 5.21. The standard InChI is InChI=1S/C28H25BrN2O3/c1-16-12-19(29)8-10-21(16)28(33)31-14-17-6-7-18(15-31)26(17)27(32)30-20-9-11-25-23(13-20)22-4-2-3-5-24(22)34-25/h2-5,8-13,17-18,26H,6-7,14-15H2,1H3,(H,30,32)/t17-,18+,26?. The summed E-state index contributed by atoms with van der Waals surface area (Å²) in [4.78, 5) is 28.5. The van der Waals surface area contributed by atoms with Crippen LogP contribution in [0.5, 0.6) is 0 Å². The Morgan fingerprint density at radius 2 is 1.68 bits per heavy atom. The number of amides is 2. The highest BCUT2D eigenvalue weighted by atomic mass is 79.9. The molecule has 2 fully saturated rings. The molecule has 1 aliphatic heterocycles. The van der Waals surface area contributed by atoms with Crippen LogP contribution in [0.25, 0.3) is 21.9 Å². The third kappa shape index (κ3) is 3.61. The second-order valence-electron chi connectivity index (χ2n) is 9.59. The molecule has 1 saturated heterocycles. The Bertz CT molecular complexity index is 1430. The van der Waals surface area contributed by atoms with Crippen molar-refractivity contribution in [2.45, 2.75) is 19.8 Å². The molecule has 1 saturated carbocycles.